The van der Waals surface area contributed by atoms with E-state index in [4.69, 9.17) is 0 Å². The van der Waals surface area contributed by atoms with Crippen LogP contribution in [0.4, 0.5) is 0 Å². The molecule has 0 saturated heterocycles. The van der Waals surface area contributed by atoms with Crippen molar-refractivity contribution in [3.63, 3.8) is 0 Å². The summed E-state index contributed by atoms with van der Waals surface area (Å²) in [6.45, 7) is 11.3. The molecule has 0 radical (unpaired) electrons. The fourth-order valence-corrected chi connectivity index (χ4v) is 4.11. The molecule has 118 valence electrons. The largest absolute Gasteiger partial charge is 0.312 e. The van der Waals surface area contributed by atoms with Gasteiger partial charge in [0.05, 0.1) is 0 Å². The van der Waals surface area contributed by atoms with Crippen LogP contribution in [0.25, 0.3) is 0 Å². The fourth-order valence-electron chi connectivity index (χ4n) is 4.11. The molecule has 0 aromatic heterocycles. The maximum Gasteiger partial charge on any atom is 0.0452 e. The maximum atomic E-state index is 3.57. The molecule has 1 N–H and O–H groups in total. The Morgan fingerprint density at radius 3 is 2.19 bits per heavy atom. The maximum absolute atomic E-state index is 3.57. The average molecular weight is 288 g/mol. The average Bonchev–Trinajstić information content (AvgIpc) is 2.95. The van der Waals surface area contributed by atoms with Gasteiger partial charge < -0.3 is 5.32 Å². The van der Waals surface area contributed by atoms with Crippen LogP contribution in [0.15, 0.2) is 12.1 Å². The Bertz CT molecular complexity index is 438. The summed E-state index contributed by atoms with van der Waals surface area (Å²) in [5.41, 5.74) is 5.72. The van der Waals surface area contributed by atoms with Crippen molar-refractivity contribution in [2.45, 2.75) is 65.5 Å². The Hall–Kier alpha value is -0.860. The summed E-state index contributed by atoms with van der Waals surface area (Å²) in [6.07, 6.45) is 5.59. The van der Waals surface area contributed by atoms with Crippen molar-refractivity contribution < 1.29 is 0 Å². The second-order valence-corrected chi connectivity index (χ2v) is 6.68. The molecule has 1 aromatic rings. The molecule has 2 heteroatoms. The Morgan fingerprint density at radius 1 is 1.14 bits per heavy atom. The van der Waals surface area contributed by atoms with Crippen molar-refractivity contribution in [1.29, 1.82) is 0 Å². The molecule has 1 unspecified atom stereocenters. The normalized spacial score (nSPS) is 17.6. The second kappa shape index (κ2) is 7.42. The van der Waals surface area contributed by atoms with E-state index in [0.717, 1.165) is 19.1 Å². The van der Waals surface area contributed by atoms with Crippen LogP contribution in [0.5, 0.6) is 0 Å². The van der Waals surface area contributed by atoms with Crippen LogP contribution in [0.2, 0.25) is 0 Å². The highest BCUT2D eigenvalue weighted by molar-refractivity contribution is 5.39. The topological polar surface area (TPSA) is 15.3 Å². The minimum Gasteiger partial charge on any atom is -0.312 e. The van der Waals surface area contributed by atoms with Crippen molar-refractivity contribution in [3.8, 4) is 0 Å². The molecule has 1 saturated carbocycles. The first-order valence-electron chi connectivity index (χ1n) is 8.55. The summed E-state index contributed by atoms with van der Waals surface area (Å²) >= 11 is 0. The summed E-state index contributed by atoms with van der Waals surface area (Å²) in [4.78, 5) is 2.69. The Labute approximate surface area is 130 Å². The van der Waals surface area contributed by atoms with E-state index in [1.54, 1.807) is 0 Å². The standard InChI is InChI=1S/C19H32N2/c1-6-21(17-9-7-8-10-17)13-18(20-5)19-15(3)11-14(2)12-16(19)4/h11-12,17-18,20H,6-10,13H2,1-5H3. The number of nitrogens with one attached hydrogen (secondary N) is 1. The van der Waals surface area contributed by atoms with E-state index in [1.807, 2.05) is 0 Å². The first-order chi connectivity index (χ1) is 10.1. The van der Waals surface area contributed by atoms with Crippen LogP contribution < -0.4 is 5.32 Å². The lowest BCUT2D eigenvalue weighted by atomic mass is 9.93. The molecular formula is C19H32N2. The summed E-state index contributed by atoms with van der Waals surface area (Å²) < 4.78 is 0. The lowest BCUT2D eigenvalue weighted by molar-refractivity contribution is 0.188. The minimum absolute atomic E-state index is 0.436. The highest BCUT2D eigenvalue weighted by Gasteiger charge is 2.25. The minimum atomic E-state index is 0.436. The Kier molecular flexibility index (Phi) is 5.83. The molecule has 0 heterocycles. The fraction of sp³-hybridized carbons (Fsp3) is 0.684. The molecule has 1 fully saturated rings. The van der Waals surface area contributed by atoms with Gasteiger partial charge in [0, 0.05) is 18.6 Å². The number of nitrogens with zero attached hydrogens (tertiary/aromatic N) is 1. The monoisotopic (exact) mass is 288 g/mol. The zero-order valence-electron chi connectivity index (χ0n) is 14.5. The summed E-state index contributed by atoms with van der Waals surface area (Å²) in [5.74, 6) is 0. The first-order valence-corrected chi connectivity index (χ1v) is 8.55. The zero-order chi connectivity index (χ0) is 15.4. The van der Waals surface area contributed by atoms with Gasteiger partial charge in [-0.1, -0.05) is 37.5 Å². The van der Waals surface area contributed by atoms with E-state index in [1.165, 1.54) is 47.9 Å². The zero-order valence-corrected chi connectivity index (χ0v) is 14.5. The van der Waals surface area contributed by atoms with Crippen molar-refractivity contribution in [3.05, 3.63) is 34.4 Å². The van der Waals surface area contributed by atoms with Gasteiger partial charge in [0.2, 0.25) is 0 Å². The molecule has 2 nitrogen and oxygen atoms in total. The van der Waals surface area contributed by atoms with Gasteiger partial charge in [0.25, 0.3) is 0 Å². The Morgan fingerprint density at radius 2 is 1.71 bits per heavy atom. The molecule has 1 atom stereocenters. The molecule has 0 aliphatic heterocycles. The van der Waals surface area contributed by atoms with Gasteiger partial charge in [-0.25, -0.2) is 0 Å². The predicted octanol–water partition coefficient (Wildman–Crippen LogP) is 4.14. The number of hydrogen-bond donors (Lipinski definition) is 1. The van der Waals surface area contributed by atoms with Crippen LogP contribution in [0, 0.1) is 20.8 Å². The van der Waals surface area contributed by atoms with Crippen molar-refractivity contribution >= 4 is 0 Å². The molecule has 0 spiro atoms. The highest BCUT2D eigenvalue weighted by Crippen LogP contribution is 2.28. The van der Waals surface area contributed by atoms with E-state index in [2.05, 4.69) is 57.1 Å². The van der Waals surface area contributed by atoms with Crippen LogP contribution in [0.1, 0.15) is 60.9 Å². The molecule has 0 bridgehead atoms. The summed E-state index contributed by atoms with van der Waals surface area (Å²) in [6, 6.07) is 5.87. The Balaban J connectivity index is 2.19. The van der Waals surface area contributed by atoms with Crippen LogP contribution in [-0.4, -0.2) is 31.1 Å². The van der Waals surface area contributed by atoms with Gasteiger partial charge in [0.1, 0.15) is 0 Å². The molecular weight excluding hydrogens is 256 g/mol. The van der Waals surface area contributed by atoms with E-state index < -0.39 is 0 Å². The van der Waals surface area contributed by atoms with Crippen LogP contribution in [0.3, 0.4) is 0 Å². The third kappa shape index (κ3) is 3.87. The van der Waals surface area contributed by atoms with Crippen molar-refractivity contribution in [2.75, 3.05) is 20.1 Å². The van der Waals surface area contributed by atoms with Gasteiger partial charge in [-0.3, -0.25) is 4.90 Å². The van der Waals surface area contributed by atoms with Crippen LogP contribution >= 0.6 is 0 Å². The van der Waals surface area contributed by atoms with E-state index >= 15 is 0 Å². The van der Waals surface area contributed by atoms with Crippen molar-refractivity contribution in [1.82, 2.24) is 10.2 Å². The van der Waals surface area contributed by atoms with Gasteiger partial charge >= 0.3 is 0 Å². The van der Waals surface area contributed by atoms with E-state index in [9.17, 15) is 0 Å². The van der Waals surface area contributed by atoms with Gasteiger partial charge in [-0.05, 0) is 63.9 Å². The lowest BCUT2D eigenvalue weighted by Crippen LogP contribution is -2.40. The molecule has 0 amide bonds. The lowest BCUT2D eigenvalue weighted by Gasteiger charge is -2.32. The molecule has 1 aromatic carbocycles. The smallest absolute Gasteiger partial charge is 0.0452 e. The highest BCUT2D eigenvalue weighted by atomic mass is 15.2. The number of aryl methyl sites for hydroxylation is 3. The SMILES string of the molecule is CCN(CC(NC)c1c(C)cc(C)cc1C)C1CCCC1. The third-order valence-electron chi connectivity index (χ3n) is 5.10. The molecule has 1 aliphatic carbocycles. The number of likely N-dealkylation sites (N-methyl/N-ethyl adjacent to an activating group) is 2. The summed E-state index contributed by atoms with van der Waals surface area (Å²) in [7, 11) is 2.10. The second-order valence-electron chi connectivity index (χ2n) is 6.68. The molecule has 2 rings (SSSR count). The third-order valence-corrected chi connectivity index (χ3v) is 5.10. The quantitative estimate of drug-likeness (QED) is 0.846. The van der Waals surface area contributed by atoms with E-state index in [0.29, 0.717) is 6.04 Å². The van der Waals surface area contributed by atoms with Gasteiger partial charge in [0.15, 0.2) is 0 Å². The van der Waals surface area contributed by atoms with Gasteiger partial charge in [-0.2, -0.15) is 0 Å². The van der Waals surface area contributed by atoms with Crippen LogP contribution in [-0.2, 0) is 0 Å². The van der Waals surface area contributed by atoms with Crippen molar-refractivity contribution in [2.24, 2.45) is 0 Å². The predicted molar refractivity (Wildman–Crippen MR) is 92.0 cm³/mol. The number of rotatable bonds is 6. The summed E-state index contributed by atoms with van der Waals surface area (Å²) in [5, 5.41) is 3.57. The van der Waals surface area contributed by atoms with E-state index in [-0.39, 0.29) is 0 Å². The molecule has 21 heavy (non-hydrogen) atoms. The van der Waals surface area contributed by atoms with Gasteiger partial charge in [-0.15, -0.1) is 0 Å². The molecule has 1 aliphatic rings. The first kappa shape index (κ1) is 16.5. The number of benzene rings is 1. The number of hydrogen-bond acceptors (Lipinski definition) is 2.